The summed E-state index contributed by atoms with van der Waals surface area (Å²) in [6.45, 7) is 7.23. The fraction of sp³-hybridized carbons (Fsp3) is 0.412. The zero-order valence-corrected chi connectivity index (χ0v) is 15.5. The highest BCUT2D eigenvalue weighted by atomic mass is 35.5. The Morgan fingerprint density at radius 1 is 1.20 bits per heavy atom. The molecule has 132 valence electrons. The van der Waals surface area contributed by atoms with Crippen molar-refractivity contribution >= 4 is 27.9 Å². The lowest BCUT2D eigenvalue weighted by molar-refractivity contribution is 0.113. The Bertz CT molecular complexity index is 854. The number of piperazine rings is 1. The van der Waals surface area contributed by atoms with Gasteiger partial charge in [-0.05, 0) is 24.2 Å². The van der Waals surface area contributed by atoms with Crippen molar-refractivity contribution in [1.29, 1.82) is 0 Å². The number of aromatic hydroxyl groups is 1. The van der Waals surface area contributed by atoms with E-state index in [0.29, 0.717) is 9.98 Å². The summed E-state index contributed by atoms with van der Waals surface area (Å²) < 4.78 is 1.51. The number of thiazole rings is 1. The van der Waals surface area contributed by atoms with Crippen molar-refractivity contribution in [3.8, 4) is 5.88 Å². The van der Waals surface area contributed by atoms with Crippen LogP contribution in [0.3, 0.4) is 0 Å². The van der Waals surface area contributed by atoms with Crippen LogP contribution in [-0.4, -0.2) is 62.2 Å². The summed E-state index contributed by atoms with van der Waals surface area (Å²) in [5, 5.41) is 15.5. The van der Waals surface area contributed by atoms with E-state index in [1.807, 2.05) is 24.3 Å². The molecule has 25 heavy (non-hydrogen) atoms. The van der Waals surface area contributed by atoms with E-state index in [-0.39, 0.29) is 11.9 Å². The van der Waals surface area contributed by atoms with Crippen LogP contribution in [-0.2, 0) is 0 Å². The van der Waals surface area contributed by atoms with Crippen LogP contribution in [0.5, 0.6) is 5.88 Å². The predicted octanol–water partition coefficient (Wildman–Crippen LogP) is 2.88. The van der Waals surface area contributed by atoms with Gasteiger partial charge in [-0.2, -0.15) is 9.61 Å². The van der Waals surface area contributed by atoms with Gasteiger partial charge in [0.25, 0.3) is 0 Å². The summed E-state index contributed by atoms with van der Waals surface area (Å²) in [5.74, 6) is 0.176. The van der Waals surface area contributed by atoms with Crippen molar-refractivity contribution in [3.05, 3.63) is 46.1 Å². The highest BCUT2D eigenvalue weighted by molar-refractivity contribution is 7.17. The minimum Gasteiger partial charge on any atom is -0.492 e. The normalized spacial score (nSPS) is 18.0. The average Bonchev–Trinajstić information content (AvgIpc) is 3.21. The minimum absolute atomic E-state index is 0.0234. The van der Waals surface area contributed by atoms with Crippen LogP contribution >= 0.6 is 22.9 Å². The predicted molar refractivity (Wildman–Crippen MR) is 99.5 cm³/mol. The first-order chi connectivity index (χ1) is 12.2. The van der Waals surface area contributed by atoms with Gasteiger partial charge < -0.3 is 10.0 Å². The molecule has 0 saturated carbocycles. The number of benzene rings is 1. The Morgan fingerprint density at radius 3 is 2.56 bits per heavy atom. The van der Waals surface area contributed by atoms with E-state index in [1.54, 1.807) is 0 Å². The van der Waals surface area contributed by atoms with Crippen molar-refractivity contribution in [2.45, 2.75) is 13.0 Å². The van der Waals surface area contributed by atoms with Crippen molar-refractivity contribution < 1.29 is 5.11 Å². The van der Waals surface area contributed by atoms with Crippen molar-refractivity contribution in [2.24, 2.45) is 0 Å². The second-order valence-corrected chi connectivity index (χ2v) is 7.61. The average molecular weight is 378 g/mol. The van der Waals surface area contributed by atoms with Gasteiger partial charge in [-0.1, -0.05) is 42.0 Å². The summed E-state index contributed by atoms with van der Waals surface area (Å²) >= 11 is 7.56. The number of aromatic nitrogens is 3. The van der Waals surface area contributed by atoms with E-state index in [1.165, 1.54) is 22.2 Å². The fourth-order valence-corrected chi connectivity index (χ4v) is 4.60. The Kier molecular flexibility index (Phi) is 4.64. The van der Waals surface area contributed by atoms with E-state index in [4.69, 9.17) is 11.6 Å². The van der Waals surface area contributed by atoms with Crippen LogP contribution in [0, 0.1) is 0 Å². The molecular weight excluding hydrogens is 358 g/mol. The van der Waals surface area contributed by atoms with Gasteiger partial charge >= 0.3 is 0 Å². The summed E-state index contributed by atoms with van der Waals surface area (Å²) in [5.41, 5.74) is 1.12. The van der Waals surface area contributed by atoms with E-state index in [2.05, 4.69) is 26.8 Å². The van der Waals surface area contributed by atoms with Gasteiger partial charge in [0, 0.05) is 31.2 Å². The number of hydrogen-bond acceptors (Lipinski definition) is 6. The SMILES string of the molecule is CCN1CCN(C(c2ccc(Cl)cc2)c2sc3ncnn3c2O)CC1. The lowest BCUT2D eigenvalue weighted by Crippen LogP contribution is -2.47. The molecule has 1 atom stereocenters. The van der Waals surface area contributed by atoms with Crippen LogP contribution in [0.15, 0.2) is 30.6 Å². The number of nitrogens with zero attached hydrogens (tertiary/aromatic N) is 5. The number of fused-ring (bicyclic) bond motifs is 1. The highest BCUT2D eigenvalue weighted by Gasteiger charge is 2.31. The molecule has 2 aromatic heterocycles. The number of halogens is 1. The Balaban J connectivity index is 1.74. The monoisotopic (exact) mass is 377 g/mol. The van der Waals surface area contributed by atoms with Crippen molar-refractivity contribution in [3.63, 3.8) is 0 Å². The van der Waals surface area contributed by atoms with Crippen molar-refractivity contribution in [2.75, 3.05) is 32.7 Å². The van der Waals surface area contributed by atoms with Crippen LogP contribution < -0.4 is 0 Å². The Hall–Kier alpha value is -1.67. The van der Waals surface area contributed by atoms with Gasteiger partial charge in [0.1, 0.15) is 6.33 Å². The topological polar surface area (TPSA) is 56.9 Å². The summed E-state index contributed by atoms with van der Waals surface area (Å²) in [7, 11) is 0. The molecule has 6 nitrogen and oxygen atoms in total. The number of rotatable bonds is 4. The van der Waals surface area contributed by atoms with Gasteiger partial charge in [0.2, 0.25) is 10.8 Å². The molecule has 4 rings (SSSR count). The van der Waals surface area contributed by atoms with E-state index in [9.17, 15) is 5.11 Å². The zero-order valence-electron chi connectivity index (χ0n) is 14.0. The van der Waals surface area contributed by atoms with Crippen molar-refractivity contribution in [1.82, 2.24) is 24.4 Å². The van der Waals surface area contributed by atoms with Crippen LogP contribution in [0.4, 0.5) is 0 Å². The lowest BCUT2D eigenvalue weighted by Gasteiger charge is -2.38. The fourth-order valence-electron chi connectivity index (χ4n) is 3.38. The Morgan fingerprint density at radius 2 is 1.92 bits per heavy atom. The second kappa shape index (κ2) is 6.92. The smallest absolute Gasteiger partial charge is 0.230 e. The van der Waals surface area contributed by atoms with Crippen LogP contribution in [0.2, 0.25) is 5.02 Å². The molecule has 0 bridgehead atoms. The zero-order chi connectivity index (χ0) is 17.4. The molecule has 1 unspecified atom stereocenters. The number of hydrogen-bond donors (Lipinski definition) is 1. The first kappa shape index (κ1) is 16.8. The molecule has 8 heteroatoms. The third kappa shape index (κ3) is 3.13. The molecule has 1 aliphatic rings. The lowest BCUT2D eigenvalue weighted by atomic mass is 10.0. The van der Waals surface area contributed by atoms with Gasteiger partial charge in [0.05, 0.1) is 10.9 Å². The van der Waals surface area contributed by atoms with E-state index in [0.717, 1.165) is 43.2 Å². The van der Waals surface area contributed by atoms with Gasteiger partial charge in [-0.3, -0.25) is 4.90 Å². The minimum atomic E-state index is -0.0234. The molecule has 1 N–H and O–H groups in total. The van der Waals surface area contributed by atoms with E-state index < -0.39 is 0 Å². The summed E-state index contributed by atoms with van der Waals surface area (Å²) in [6, 6.07) is 7.86. The maximum atomic E-state index is 10.7. The van der Waals surface area contributed by atoms with Gasteiger partial charge in [-0.25, -0.2) is 4.98 Å². The standard InChI is InChI=1S/C17H20ClN5OS/c1-2-21-7-9-22(10-8-21)14(12-3-5-13(18)6-4-12)15-16(24)23-17(25-15)19-11-20-23/h3-6,11,14,24H,2,7-10H2,1H3. The molecule has 3 heterocycles. The first-order valence-electron chi connectivity index (χ1n) is 8.40. The summed E-state index contributed by atoms with van der Waals surface area (Å²) in [6.07, 6.45) is 1.46. The molecule has 1 fully saturated rings. The molecular formula is C17H20ClN5OS. The van der Waals surface area contributed by atoms with Crippen LogP contribution in [0.1, 0.15) is 23.4 Å². The molecule has 0 amide bonds. The second-order valence-electron chi connectivity index (χ2n) is 6.17. The van der Waals surface area contributed by atoms with Crippen LogP contribution in [0.25, 0.3) is 4.96 Å². The maximum absolute atomic E-state index is 10.7. The quantitative estimate of drug-likeness (QED) is 0.757. The van der Waals surface area contributed by atoms with Gasteiger partial charge in [-0.15, -0.1) is 0 Å². The largest absolute Gasteiger partial charge is 0.492 e. The van der Waals surface area contributed by atoms with E-state index >= 15 is 0 Å². The van der Waals surface area contributed by atoms with Gasteiger partial charge in [0.15, 0.2) is 0 Å². The molecule has 1 aromatic carbocycles. The Labute approximate surface area is 155 Å². The molecule has 0 aliphatic carbocycles. The number of likely N-dealkylation sites (N-methyl/N-ethyl adjacent to an activating group) is 1. The third-order valence-electron chi connectivity index (χ3n) is 4.79. The summed E-state index contributed by atoms with van der Waals surface area (Å²) in [4.78, 5) is 10.7. The molecule has 0 spiro atoms. The maximum Gasteiger partial charge on any atom is 0.230 e. The molecule has 1 saturated heterocycles. The molecule has 0 radical (unpaired) electrons. The first-order valence-corrected chi connectivity index (χ1v) is 9.60. The highest BCUT2D eigenvalue weighted by Crippen LogP contribution is 2.40. The molecule has 3 aromatic rings. The third-order valence-corrected chi connectivity index (χ3v) is 6.13. The molecule has 1 aliphatic heterocycles.